The lowest BCUT2D eigenvalue weighted by Gasteiger charge is -2.27. The molecule has 1 aliphatic carbocycles. The van der Waals surface area contributed by atoms with Gasteiger partial charge in [-0.25, -0.2) is 0 Å². The van der Waals surface area contributed by atoms with Gasteiger partial charge < -0.3 is 19.7 Å². The number of halogens is 1. The molecule has 1 N–H and O–H groups in total. The van der Waals surface area contributed by atoms with Crippen LogP contribution in [-0.2, 0) is 6.42 Å². The van der Waals surface area contributed by atoms with E-state index in [0.29, 0.717) is 10.8 Å². The van der Waals surface area contributed by atoms with Gasteiger partial charge in [-0.1, -0.05) is 11.6 Å². The summed E-state index contributed by atoms with van der Waals surface area (Å²) in [6.45, 7) is 5.46. The van der Waals surface area contributed by atoms with Crippen molar-refractivity contribution in [2.45, 2.75) is 38.2 Å². The van der Waals surface area contributed by atoms with Crippen molar-refractivity contribution < 1.29 is 9.47 Å². The van der Waals surface area contributed by atoms with Crippen molar-refractivity contribution in [2.24, 2.45) is 0 Å². The van der Waals surface area contributed by atoms with E-state index in [2.05, 4.69) is 16.3 Å². The van der Waals surface area contributed by atoms with Crippen LogP contribution >= 0.6 is 11.6 Å². The molecule has 0 unspecified atom stereocenters. The second-order valence-corrected chi connectivity index (χ2v) is 6.88. The Hall–Kier alpha value is -0.970. The molecule has 2 aliphatic rings. The molecule has 0 atom stereocenters. The fourth-order valence-corrected chi connectivity index (χ4v) is 3.70. The molecule has 23 heavy (non-hydrogen) atoms. The van der Waals surface area contributed by atoms with Crippen molar-refractivity contribution >= 4 is 11.6 Å². The minimum absolute atomic E-state index is 0.285. The van der Waals surface area contributed by atoms with Crippen molar-refractivity contribution in [3.05, 3.63) is 22.7 Å². The van der Waals surface area contributed by atoms with Gasteiger partial charge >= 0.3 is 0 Å². The van der Waals surface area contributed by atoms with E-state index >= 15 is 0 Å². The Bertz CT molecular complexity index is 512. The molecule has 0 amide bonds. The van der Waals surface area contributed by atoms with Crippen molar-refractivity contribution in [2.75, 3.05) is 39.8 Å². The van der Waals surface area contributed by atoms with Crippen LogP contribution in [-0.4, -0.2) is 50.8 Å². The highest BCUT2D eigenvalue weighted by Gasteiger charge is 2.21. The molecule has 0 spiro atoms. The average Bonchev–Trinajstić information content (AvgIpc) is 3.09. The molecule has 4 nitrogen and oxygen atoms in total. The van der Waals surface area contributed by atoms with Crippen molar-refractivity contribution in [1.82, 2.24) is 10.2 Å². The topological polar surface area (TPSA) is 33.7 Å². The van der Waals surface area contributed by atoms with Crippen LogP contribution in [0.4, 0.5) is 0 Å². The third-order valence-corrected chi connectivity index (χ3v) is 5.08. The predicted octanol–water partition coefficient (Wildman–Crippen LogP) is 3.12. The lowest BCUT2D eigenvalue weighted by Crippen LogP contribution is -2.44. The molecule has 1 aromatic rings. The van der Waals surface area contributed by atoms with Gasteiger partial charge in [0.05, 0.1) is 18.2 Å². The third-order valence-electron chi connectivity index (χ3n) is 4.80. The Balaban J connectivity index is 1.65. The Kier molecular flexibility index (Phi) is 6.03. The second-order valence-electron chi connectivity index (χ2n) is 6.47. The summed E-state index contributed by atoms with van der Waals surface area (Å²) >= 11 is 6.48. The maximum absolute atomic E-state index is 6.48. The van der Waals surface area contributed by atoms with E-state index in [0.717, 1.165) is 57.7 Å². The van der Waals surface area contributed by atoms with E-state index in [1.165, 1.54) is 18.4 Å². The number of benzene rings is 1. The molecule has 0 aromatic heterocycles. The van der Waals surface area contributed by atoms with Crippen LogP contribution < -0.4 is 14.8 Å². The fourth-order valence-electron chi connectivity index (χ4n) is 3.43. The minimum atomic E-state index is 0.285. The molecular formula is C18H27ClN2O2. The monoisotopic (exact) mass is 338 g/mol. The lowest BCUT2D eigenvalue weighted by molar-refractivity contribution is 0.201. The maximum Gasteiger partial charge on any atom is 0.180 e. The Morgan fingerprint density at radius 3 is 2.65 bits per heavy atom. The molecule has 128 valence electrons. The standard InChI is InChI=1S/C18H27ClN2O2/c1-22-17-13-14(6-9-21-10-7-20-8-11-21)12-16(19)18(17)23-15-4-2-3-5-15/h12-13,15,20H,2-11H2,1H3. The van der Waals surface area contributed by atoms with Gasteiger partial charge in [0.1, 0.15) is 0 Å². The number of nitrogens with one attached hydrogen (secondary N) is 1. The van der Waals surface area contributed by atoms with Crippen LogP contribution in [0.25, 0.3) is 0 Å². The van der Waals surface area contributed by atoms with Crippen molar-refractivity contribution in [1.29, 1.82) is 0 Å². The zero-order valence-electron chi connectivity index (χ0n) is 13.9. The first-order chi connectivity index (χ1) is 11.3. The first-order valence-corrected chi connectivity index (χ1v) is 9.10. The zero-order valence-corrected chi connectivity index (χ0v) is 14.7. The van der Waals surface area contributed by atoms with Crippen LogP contribution in [0.3, 0.4) is 0 Å². The molecule has 5 heteroatoms. The fraction of sp³-hybridized carbons (Fsp3) is 0.667. The molecule has 1 saturated heterocycles. The van der Waals surface area contributed by atoms with Gasteiger partial charge in [-0.3, -0.25) is 0 Å². The number of hydrogen-bond donors (Lipinski definition) is 1. The quantitative estimate of drug-likeness (QED) is 0.864. The summed E-state index contributed by atoms with van der Waals surface area (Å²) in [5, 5.41) is 4.06. The first kappa shape index (κ1) is 16.9. The molecule has 1 heterocycles. The Morgan fingerprint density at radius 1 is 1.22 bits per heavy atom. The van der Waals surface area contributed by atoms with Gasteiger partial charge in [-0.2, -0.15) is 0 Å². The van der Waals surface area contributed by atoms with Gasteiger partial charge in [0.25, 0.3) is 0 Å². The Morgan fingerprint density at radius 2 is 1.96 bits per heavy atom. The highest BCUT2D eigenvalue weighted by Crippen LogP contribution is 2.39. The molecular weight excluding hydrogens is 312 g/mol. The van der Waals surface area contributed by atoms with Gasteiger partial charge in [-0.15, -0.1) is 0 Å². The summed E-state index contributed by atoms with van der Waals surface area (Å²) in [6.07, 6.45) is 5.99. The average molecular weight is 339 g/mol. The number of piperazine rings is 1. The minimum Gasteiger partial charge on any atom is -0.493 e. The number of rotatable bonds is 6. The number of methoxy groups -OCH3 is 1. The van der Waals surface area contributed by atoms with Gasteiger partial charge in [0.15, 0.2) is 11.5 Å². The van der Waals surface area contributed by atoms with E-state index in [9.17, 15) is 0 Å². The number of hydrogen-bond acceptors (Lipinski definition) is 4. The summed E-state index contributed by atoms with van der Waals surface area (Å²) < 4.78 is 11.6. The predicted molar refractivity (Wildman–Crippen MR) is 93.9 cm³/mol. The van der Waals surface area contributed by atoms with Crippen LogP contribution in [0.2, 0.25) is 5.02 Å². The molecule has 1 aliphatic heterocycles. The molecule has 2 fully saturated rings. The first-order valence-electron chi connectivity index (χ1n) is 8.72. The summed E-state index contributed by atoms with van der Waals surface area (Å²) in [4.78, 5) is 2.49. The van der Waals surface area contributed by atoms with E-state index in [1.807, 2.05) is 6.07 Å². The smallest absolute Gasteiger partial charge is 0.180 e. The van der Waals surface area contributed by atoms with Crippen molar-refractivity contribution in [3.63, 3.8) is 0 Å². The molecule has 0 bridgehead atoms. The van der Waals surface area contributed by atoms with Gasteiger partial charge in [-0.05, 0) is 49.8 Å². The van der Waals surface area contributed by atoms with Gasteiger partial charge in [0, 0.05) is 32.7 Å². The van der Waals surface area contributed by atoms with E-state index in [4.69, 9.17) is 21.1 Å². The molecule has 3 rings (SSSR count). The highest BCUT2D eigenvalue weighted by atomic mass is 35.5. The normalized spacial score (nSPS) is 19.9. The highest BCUT2D eigenvalue weighted by molar-refractivity contribution is 6.32. The lowest BCUT2D eigenvalue weighted by atomic mass is 10.1. The Labute approximate surface area is 144 Å². The van der Waals surface area contributed by atoms with Crippen LogP contribution in [0.15, 0.2) is 12.1 Å². The van der Waals surface area contributed by atoms with Crippen LogP contribution in [0, 0.1) is 0 Å². The van der Waals surface area contributed by atoms with E-state index in [1.54, 1.807) is 7.11 Å². The molecule has 1 aromatic carbocycles. The maximum atomic E-state index is 6.48. The summed E-state index contributed by atoms with van der Waals surface area (Å²) in [5.74, 6) is 1.48. The van der Waals surface area contributed by atoms with E-state index in [-0.39, 0.29) is 6.10 Å². The van der Waals surface area contributed by atoms with Gasteiger partial charge in [0.2, 0.25) is 0 Å². The molecule has 0 radical (unpaired) electrons. The number of nitrogens with zero attached hydrogens (tertiary/aromatic N) is 1. The third kappa shape index (κ3) is 4.52. The van der Waals surface area contributed by atoms with Crippen LogP contribution in [0.5, 0.6) is 11.5 Å². The SMILES string of the molecule is COc1cc(CCN2CCNCC2)cc(Cl)c1OC1CCCC1. The summed E-state index contributed by atoms with van der Waals surface area (Å²) in [5.41, 5.74) is 1.21. The molecule has 1 saturated carbocycles. The number of ether oxygens (including phenoxy) is 2. The van der Waals surface area contributed by atoms with E-state index < -0.39 is 0 Å². The summed E-state index contributed by atoms with van der Waals surface area (Å²) in [6, 6.07) is 4.12. The zero-order chi connectivity index (χ0) is 16.1. The summed E-state index contributed by atoms with van der Waals surface area (Å²) in [7, 11) is 1.69. The largest absolute Gasteiger partial charge is 0.493 e. The van der Waals surface area contributed by atoms with Crippen molar-refractivity contribution in [3.8, 4) is 11.5 Å². The second kappa shape index (κ2) is 8.22. The van der Waals surface area contributed by atoms with Crippen LogP contribution in [0.1, 0.15) is 31.2 Å².